The second-order valence-electron chi connectivity index (χ2n) is 15.2. The molecule has 4 heterocycles. The first-order valence-corrected chi connectivity index (χ1v) is 21.2. The van der Waals surface area contributed by atoms with Gasteiger partial charge in [0.2, 0.25) is 0 Å². The molecular weight excluding hydrogens is 896 g/mol. The number of anilines is 3. The van der Waals surface area contributed by atoms with Crippen LogP contribution in [0.1, 0.15) is 43.7 Å². The number of benzene rings is 4. The van der Waals surface area contributed by atoms with Crippen molar-refractivity contribution in [2.45, 2.75) is 68.2 Å². The first-order chi connectivity index (χ1) is 29.3. The number of methoxy groups -OCH3 is 1. The zero-order valence-electron chi connectivity index (χ0n) is 34.1. The Bertz CT molecular complexity index is 2170. The zero-order valence-corrected chi connectivity index (χ0v) is 37.2. The van der Waals surface area contributed by atoms with Crippen molar-refractivity contribution in [3.63, 3.8) is 0 Å². The van der Waals surface area contributed by atoms with E-state index in [0.29, 0.717) is 24.0 Å². The molecule has 3 aliphatic rings. The number of rotatable bonds is 6. The summed E-state index contributed by atoms with van der Waals surface area (Å²) in [4.78, 5) is 3.48. The van der Waals surface area contributed by atoms with Gasteiger partial charge in [-0.3, -0.25) is 0 Å². The van der Waals surface area contributed by atoms with Crippen molar-refractivity contribution in [2.75, 3.05) is 48.8 Å². The van der Waals surface area contributed by atoms with E-state index in [2.05, 4.69) is 20.1 Å². The summed E-state index contributed by atoms with van der Waals surface area (Å²) in [5.41, 5.74) is 4.86. The molecule has 8 rings (SSSR count). The molecule has 1 aromatic heterocycles. The van der Waals surface area contributed by atoms with Crippen molar-refractivity contribution in [3.8, 4) is 5.69 Å². The fourth-order valence-electron chi connectivity index (χ4n) is 7.95. The van der Waals surface area contributed by atoms with Crippen LogP contribution in [-0.2, 0) is 20.3 Å². The van der Waals surface area contributed by atoms with Crippen molar-refractivity contribution in [1.29, 1.82) is 0 Å². The Morgan fingerprint density at radius 1 is 0.645 bits per heavy atom. The number of alkyl halides is 6. The summed E-state index contributed by atoms with van der Waals surface area (Å²) in [6.07, 6.45) is -2.43. The van der Waals surface area contributed by atoms with Crippen LogP contribution in [0.5, 0.6) is 0 Å². The number of hydrogen-bond acceptors (Lipinski definition) is 5. The molecule has 3 fully saturated rings. The molecule has 4 unspecified atom stereocenters. The Kier molecular flexibility index (Phi) is 16.3. The third kappa shape index (κ3) is 11.4. The molecule has 0 radical (unpaired) electrons. The molecule has 0 saturated carbocycles. The topological polar surface area (TPSA) is 55.9 Å². The summed E-state index contributed by atoms with van der Waals surface area (Å²) in [5.74, 6) is 0. The van der Waals surface area contributed by atoms with Crippen LogP contribution in [0.15, 0.2) is 123 Å². The van der Waals surface area contributed by atoms with Gasteiger partial charge in [0.15, 0.2) is 6.29 Å². The average molecular weight is 945 g/mol. The molecule has 3 aliphatic heterocycles. The van der Waals surface area contributed by atoms with E-state index in [1.54, 1.807) is 41.2 Å². The monoisotopic (exact) mass is 942 g/mol. The van der Waals surface area contributed by atoms with E-state index in [1.165, 1.54) is 36.4 Å². The minimum atomic E-state index is -4.42. The maximum atomic E-state index is 14.2. The van der Waals surface area contributed by atoms with Gasteiger partial charge in [0.25, 0.3) is 0 Å². The predicted molar refractivity (Wildman–Crippen MR) is 241 cm³/mol. The number of nitrogen functional groups attached to an aromatic ring is 1. The third-order valence-corrected chi connectivity index (χ3v) is 12.2. The highest BCUT2D eigenvalue weighted by Gasteiger charge is 2.60. The van der Waals surface area contributed by atoms with Gasteiger partial charge in [0.1, 0.15) is 10.8 Å². The Balaban J connectivity index is 0.000000194. The normalized spacial score (nSPS) is 22.3. The van der Waals surface area contributed by atoms with Gasteiger partial charge in [-0.15, -0.1) is 13.2 Å². The summed E-state index contributed by atoms with van der Waals surface area (Å²) in [6.45, 7) is 8.30. The number of hydrogen-bond donors (Lipinski definition) is 1. The predicted octanol–water partition coefficient (Wildman–Crippen LogP) is 13.7. The molecule has 0 amide bonds. The molecule has 2 N–H and O–H groups in total. The molecule has 334 valence electrons. The summed E-state index contributed by atoms with van der Waals surface area (Å²) in [6, 6.07) is 26.5. The van der Waals surface area contributed by atoms with E-state index in [9.17, 15) is 26.3 Å². The van der Waals surface area contributed by atoms with Gasteiger partial charge in [-0.2, -0.15) is 26.3 Å². The molecular formula is C46H48Cl4F6N4O2. The first kappa shape index (κ1) is 49.0. The van der Waals surface area contributed by atoms with Gasteiger partial charge in [-0.25, -0.2) is 0 Å². The molecule has 5 aromatic rings. The Morgan fingerprint density at radius 3 is 1.37 bits per heavy atom. The van der Waals surface area contributed by atoms with Crippen LogP contribution >= 0.6 is 46.4 Å². The maximum Gasteiger partial charge on any atom is 0.400 e. The van der Waals surface area contributed by atoms with E-state index < -0.39 is 23.2 Å². The van der Waals surface area contributed by atoms with Crippen LogP contribution in [0.25, 0.3) is 5.69 Å². The smallest absolute Gasteiger partial charge is 0.399 e. The van der Waals surface area contributed by atoms with Crippen molar-refractivity contribution in [2.24, 2.45) is 0 Å². The van der Waals surface area contributed by atoms with Crippen LogP contribution in [0.4, 0.5) is 43.4 Å². The highest BCUT2D eigenvalue weighted by atomic mass is 35.5. The molecule has 4 aromatic carbocycles. The van der Waals surface area contributed by atoms with Gasteiger partial charge >= 0.3 is 12.4 Å². The number of nitrogens with two attached hydrogens (primary N) is 1. The van der Waals surface area contributed by atoms with Gasteiger partial charge in [-0.05, 0) is 134 Å². The minimum Gasteiger partial charge on any atom is -0.399 e. The fraction of sp³-hybridized carbons (Fsp3) is 0.348. The van der Waals surface area contributed by atoms with Gasteiger partial charge in [-0.1, -0.05) is 46.4 Å². The summed E-state index contributed by atoms with van der Waals surface area (Å²) < 4.78 is 96.7. The van der Waals surface area contributed by atoms with Gasteiger partial charge in [0, 0.05) is 94.9 Å². The van der Waals surface area contributed by atoms with Crippen LogP contribution in [0, 0.1) is 0 Å². The van der Waals surface area contributed by atoms with E-state index in [1.807, 2.05) is 53.4 Å². The molecule has 0 bridgehead atoms. The highest BCUT2D eigenvalue weighted by Crippen LogP contribution is 2.51. The molecule has 0 aliphatic carbocycles. The van der Waals surface area contributed by atoms with Crippen LogP contribution in [-0.4, -0.2) is 62.6 Å². The zero-order chi connectivity index (χ0) is 45.5. The Hall–Kier alpha value is -4.04. The fourth-order valence-corrected chi connectivity index (χ4v) is 9.00. The molecule has 0 spiro atoms. The second kappa shape index (κ2) is 20.6. The molecule has 16 heteroatoms. The lowest BCUT2D eigenvalue weighted by Crippen LogP contribution is -2.44. The Labute approximate surface area is 378 Å². The van der Waals surface area contributed by atoms with Crippen molar-refractivity contribution < 1.29 is 35.8 Å². The van der Waals surface area contributed by atoms with Crippen molar-refractivity contribution in [1.82, 2.24) is 4.57 Å². The lowest BCUT2D eigenvalue weighted by Gasteiger charge is -2.33. The van der Waals surface area contributed by atoms with Gasteiger partial charge in [0.05, 0.1) is 6.10 Å². The van der Waals surface area contributed by atoms with Crippen LogP contribution < -0.4 is 15.5 Å². The summed E-state index contributed by atoms with van der Waals surface area (Å²) >= 11 is 23.8. The SMILES string of the molecule is C=C.COC1CCC(C)O1.FC(F)(F)C1(c2cc(Cl)cc(Cl)c2)CCN(c2ccc(-n3cccc3)cc2)C1.Nc1ccc(N2CCC(c3cc(Cl)cc(Cl)c3)(C(F)(F)F)C2)cc1. The minimum absolute atomic E-state index is 0.0491. The first-order valence-electron chi connectivity index (χ1n) is 19.7. The second-order valence-corrected chi connectivity index (χ2v) is 17.0. The maximum absolute atomic E-state index is 14.2. The number of nitrogens with zero attached hydrogens (tertiary/aromatic N) is 3. The molecule has 6 nitrogen and oxygen atoms in total. The van der Waals surface area contributed by atoms with E-state index >= 15 is 0 Å². The molecule has 3 saturated heterocycles. The lowest BCUT2D eigenvalue weighted by molar-refractivity contribution is -0.185. The summed E-state index contributed by atoms with van der Waals surface area (Å²) in [7, 11) is 1.68. The largest absolute Gasteiger partial charge is 0.400 e. The standard InChI is InChI=1S/C21H17Cl2F3N2.C17H15Cl2F3N2.C6H12O2.C2H4/c22-16-11-15(12-17(23)13-16)20(21(24,25)26)7-10-28(14-20)19-5-3-18(4-6-19)27-8-1-2-9-27;18-12-7-11(8-13(19)9-12)16(17(20,21)22)5-6-24(10-16)15-3-1-14(23)2-4-15;1-5-3-4-6(7-2)8-5;1-2/h1-6,8-9,11-13H,7,10,14H2;1-4,7-9H,5-6,10,23H2;5-6H,3-4H2,1-2H3;1-2H2. The summed E-state index contributed by atoms with van der Waals surface area (Å²) in [5, 5.41) is 0.820. The average Bonchev–Trinajstić information content (AvgIpc) is 4.06. The highest BCUT2D eigenvalue weighted by molar-refractivity contribution is 6.35. The molecule has 62 heavy (non-hydrogen) atoms. The van der Waals surface area contributed by atoms with E-state index in [-0.39, 0.29) is 70.0 Å². The molecule has 4 atom stereocenters. The van der Waals surface area contributed by atoms with Crippen LogP contribution in [0.2, 0.25) is 20.1 Å². The van der Waals surface area contributed by atoms with Crippen molar-refractivity contribution >= 4 is 63.5 Å². The third-order valence-electron chi connectivity index (χ3n) is 11.3. The van der Waals surface area contributed by atoms with E-state index in [4.69, 9.17) is 61.6 Å². The number of aromatic nitrogens is 1. The quantitative estimate of drug-likeness (QED) is 0.104. The van der Waals surface area contributed by atoms with Gasteiger partial charge < -0.3 is 29.6 Å². The Morgan fingerprint density at radius 2 is 1.03 bits per heavy atom. The van der Waals surface area contributed by atoms with Crippen molar-refractivity contribution in [3.05, 3.63) is 154 Å². The lowest BCUT2D eigenvalue weighted by atomic mass is 9.79. The number of ether oxygens (including phenoxy) is 2. The number of halogens is 10. The van der Waals surface area contributed by atoms with Crippen LogP contribution in [0.3, 0.4) is 0 Å². The van der Waals surface area contributed by atoms with E-state index in [0.717, 1.165) is 24.2 Å².